The van der Waals surface area contributed by atoms with E-state index >= 15 is 0 Å². The van der Waals surface area contributed by atoms with Crippen LogP contribution in [0.5, 0.6) is 5.75 Å². The summed E-state index contributed by atoms with van der Waals surface area (Å²) in [4.78, 5) is 39.7. The van der Waals surface area contributed by atoms with Gasteiger partial charge in [0.15, 0.2) is 5.78 Å². The Hall–Kier alpha value is -4.62. The smallest absolute Gasteiger partial charge is 0.272 e. The molecular formula is C35H34N2O4S. The number of benzene rings is 4. The Labute approximate surface area is 251 Å². The molecule has 0 heterocycles. The van der Waals surface area contributed by atoms with Crippen LogP contribution in [-0.2, 0) is 4.79 Å². The van der Waals surface area contributed by atoms with Crippen molar-refractivity contribution in [2.45, 2.75) is 31.6 Å². The molecule has 0 atom stereocenters. The quantitative estimate of drug-likeness (QED) is 0.103. The summed E-state index contributed by atoms with van der Waals surface area (Å²) in [5.41, 5.74) is 3.75. The third-order valence-electron chi connectivity index (χ3n) is 6.41. The molecule has 0 aromatic heterocycles. The Morgan fingerprint density at radius 1 is 0.810 bits per heavy atom. The Morgan fingerprint density at radius 2 is 1.48 bits per heavy atom. The predicted molar refractivity (Wildman–Crippen MR) is 170 cm³/mol. The van der Waals surface area contributed by atoms with E-state index < -0.39 is 5.91 Å². The fourth-order valence-electron chi connectivity index (χ4n) is 4.06. The van der Waals surface area contributed by atoms with E-state index in [1.54, 1.807) is 66.7 Å². The van der Waals surface area contributed by atoms with Crippen LogP contribution < -0.4 is 15.4 Å². The molecule has 0 saturated carbocycles. The highest BCUT2D eigenvalue weighted by Crippen LogP contribution is 2.23. The Bertz CT molecular complexity index is 1530. The van der Waals surface area contributed by atoms with Gasteiger partial charge in [0.25, 0.3) is 11.8 Å². The molecule has 7 heteroatoms. The van der Waals surface area contributed by atoms with Gasteiger partial charge in [-0.05, 0) is 90.7 Å². The number of rotatable bonds is 12. The highest BCUT2D eigenvalue weighted by molar-refractivity contribution is 8.00. The van der Waals surface area contributed by atoms with E-state index in [0.717, 1.165) is 16.2 Å². The number of carbonyl (C=O) groups is 3. The molecule has 0 unspecified atom stereocenters. The van der Waals surface area contributed by atoms with Gasteiger partial charge in [0.05, 0.1) is 12.4 Å². The van der Waals surface area contributed by atoms with Crippen molar-refractivity contribution in [1.29, 1.82) is 0 Å². The first-order valence-electron chi connectivity index (χ1n) is 13.8. The maximum absolute atomic E-state index is 13.3. The molecule has 0 saturated heterocycles. The van der Waals surface area contributed by atoms with E-state index in [0.29, 0.717) is 29.3 Å². The SMILES string of the molecule is CCOc1ccc(C(=O)CSc2ccc(NC(=O)/C(=C/c3ccc(C(C)C)cc3)NC(=O)c3ccccc3)cc2)cc1. The monoisotopic (exact) mass is 578 g/mol. The number of carbonyl (C=O) groups excluding carboxylic acids is 3. The Kier molecular flexibility index (Phi) is 10.7. The average molecular weight is 579 g/mol. The van der Waals surface area contributed by atoms with Crippen molar-refractivity contribution >= 4 is 41.1 Å². The molecule has 0 bridgehead atoms. The van der Waals surface area contributed by atoms with E-state index in [-0.39, 0.29) is 23.1 Å². The molecule has 0 aliphatic carbocycles. The first-order chi connectivity index (χ1) is 20.3. The van der Waals surface area contributed by atoms with Gasteiger partial charge < -0.3 is 15.4 Å². The number of thioether (sulfide) groups is 1. The van der Waals surface area contributed by atoms with E-state index in [1.165, 1.54) is 17.3 Å². The van der Waals surface area contributed by atoms with Crippen molar-refractivity contribution in [3.05, 3.63) is 131 Å². The lowest BCUT2D eigenvalue weighted by atomic mass is 10.0. The number of ether oxygens (including phenoxy) is 1. The van der Waals surface area contributed by atoms with Gasteiger partial charge in [0.2, 0.25) is 0 Å². The van der Waals surface area contributed by atoms with Gasteiger partial charge in [-0.15, -0.1) is 11.8 Å². The number of anilines is 1. The summed E-state index contributed by atoms with van der Waals surface area (Å²) in [7, 11) is 0. The van der Waals surface area contributed by atoms with Gasteiger partial charge in [0.1, 0.15) is 11.4 Å². The second kappa shape index (κ2) is 14.8. The number of amides is 2. The minimum atomic E-state index is -0.446. The van der Waals surface area contributed by atoms with Crippen molar-refractivity contribution in [2.24, 2.45) is 0 Å². The second-order valence-corrected chi connectivity index (χ2v) is 10.9. The second-order valence-electron chi connectivity index (χ2n) is 9.85. The normalized spacial score (nSPS) is 11.2. The zero-order chi connectivity index (χ0) is 29.9. The summed E-state index contributed by atoms with van der Waals surface area (Å²) >= 11 is 1.42. The number of Topliss-reactive ketones (excluding diaryl/α,β-unsaturated/α-hetero) is 1. The van der Waals surface area contributed by atoms with Gasteiger partial charge in [-0.2, -0.15) is 0 Å². The molecule has 0 fully saturated rings. The van der Waals surface area contributed by atoms with Crippen molar-refractivity contribution in [1.82, 2.24) is 5.32 Å². The minimum Gasteiger partial charge on any atom is -0.494 e. The van der Waals surface area contributed by atoms with Gasteiger partial charge >= 0.3 is 0 Å². The van der Waals surface area contributed by atoms with Crippen LogP contribution in [0.1, 0.15) is 58.5 Å². The molecule has 4 aromatic rings. The lowest BCUT2D eigenvalue weighted by Gasteiger charge is -2.12. The van der Waals surface area contributed by atoms with E-state index in [1.807, 2.05) is 49.4 Å². The zero-order valence-corrected chi connectivity index (χ0v) is 24.7. The van der Waals surface area contributed by atoms with E-state index in [4.69, 9.17) is 4.74 Å². The molecule has 2 amide bonds. The fraction of sp³-hybridized carbons (Fsp3) is 0.171. The lowest BCUT2D eigenvalue weighted by Crippen LogP contribution is -2.30. The molecule has 214 valence electrons. The average Bonchev–Trinajstić information content (AvgIpc) is 3.01. The lowest BCUT2D eigenvalue weighted by molar-refractivity contribution is -0.113. The molecule has 42 heavy (non-hydrogen) atoms. The molecule has 0 spiro atoms. The molecule has 0 radical (unpaired) electrons. The molecule has 4 rings (SSSR count). The largest absolute Gasteiger partial charge is 0.494 e. The van der Waals surface area contributed by atoms with Gasteiger partial charge in [-0.1, -0.05) is 56.3 Å². The van der Waals surface area contributed by atoms with Crippen molar-refractivity contribution in [3.8, 4) is 5.75 Å². The number of ketones is 1. The maximum atomic E-state index is 13.3. The first kappa shape index (κ1) is 30.3. The van der Waals surface area contributed by atoms with Gasteiger partial charge in [0, 0.05) is 21.7 Å². The highest BCUT2D eigenvalue weighted by atomic mass is 32.2. The van der Waals surface area contributed by atoms with Crippen LogP contribution in [0.15, 0.2) is 114 Å². The number of hydrogen-bond donors (Lipinski definition) is 2. The zero-order valence-electron chi connectivity index (χ0n) is 23.9. The molecular weight excluding hydrogens is 544 g/mol. The number of nitrogens with one attached hydrogen (secondary N) is 2. The highest BCUT2D eigenvalue weighted by Gasteiger charge is 2.15. The van der Waals surface area contributed by atoms with Crippen LogP contribution in [0.2, 0.25) is 0 Å². The summed E-state index contributed by atoms with van der Waals surface area (Å²) in [6.45, 7) is 6.73. The fourth-order valence-corrected chi connectivity index (χ4v) is 4.85. The standard InChI is InChI=1S/C35H34N2O4S/c1-4-41-30-18-14-27(15-19-30)33(38)23-42-31-20-16-29(17-21-31)36-35(40)32(37-34(39)28-8-6-5-7-9-28)22-25-10-12-26(13-11-25)24(2)3/h5-22,24H,4,23H2,1-3H3,(H,36,40)(H,37,39)/b32-22-. The van der Waals surface area contributed by atoms with Crippen LogP contribution >= 0.6 is 11.8 Å². The molecule has 4 aromatic carbocycles. The van der Waals surface area contributed by atoms with Crippen LogP contribution in [0.25, 0.3) is 6.08 Å². The topological polar surface area (TPSA) is 84.5 Å². The summed E-state index contributed by atoms with van der Waals surface area (Å²) in [6, 6.07) is 31.0. The van der Waals surface area contributed by atoms with Crippen molar-refractivity contribution < 1.29 is 19.1 Å². The molecule has 0 aliphatic rings. The van der Waals surface area contributed by atoms with E-state index in [2.05, 4.69) is 24.5 Å². The number of hydrogen-bond acceptors (Lipinski definition) is 5. The predicted octanol–water partition coefficient (Wildman–Crippen LogP) is 7.59. The summed E-state index contributed by atoms with van der Waals surface area (Å²) < 4.78 is 5.43. The minimum absolute atomic E-state index is 0.0193. The van der Waals surface area contributed by atoms with Crippen LogP contribution in [0.3, 0.4) is 0 Å². The summed E-state index contributed by atoms with van der Waals surface area (Å²) in [6.07, 6.45) is 1.66. The Balaban J connectivity index is 1.42. The van der Waals surface area contributed by atoms with Crippen LogP contribution in [0, 0.1) is 0 Å². The molecule has 2 N–H and O–H groups in total. The summed E-state index contributed by atoms with van der Waals surface area (Å²) in [5, 5.41) is 5.64. The van der Waals surface area contributed by atoms with Crippen molar-refractivity contribution in [3.63, 3.8) is 0 Å². The molecule has 0 aliphatic heterocycles. The van der Waals surface area contributed by atoms with E-state index in [9.17, 15) is 14.4 Å². The van der Waals surface area contributed by atoms with Gasteiger partial charge in [-0.3, -0.25) is 14.4 Å². The first-order valence-corrected chi connectivity index (χ1v) is 14.8. The van der Waals surface area contributed by atoms with Gasteiger partial charge in [-0.25, -0.2) is 0 Å². The maximum Gasteiger partial charge on any atom is 0.272 e. The van der Waals surface area contributed by atoms with Crippen molar-refractivity contribution in [2.75, 3.05) is 17.7 Å². The Morgan fingerprint density at radius 3 is 2.10 bits per heavy atom. The summed E-state index contributed by atoms with van der Waals surface area (Å²) in [5.74, 6) is 0.605. The third-order valence-corrected chi connectivity index (χ3v) is 7.42. The molecule has 6 nitrogen and oxygen atoms in total. The van der Waals surface area contributed by atoms with Crippen LogP contribution in [0.4, 0.5) is 5.69 Å². The third kappa shape index (κ3) is 8.69. The van der Waals surface area contributed by atoms with Crippen LogP contribution in [-0.4, -0.2) is 30.0 Å².